The number of hydrogen-bond donors (Lipinski definition) is 2. The van der Waals surface area contributed by atoms with E-state index < -0.39 is 11.4 Å². The molecule has 1 aromatic rings. The molecule has 0 bridgehead atoms. The Bertz CT molecular complexity index is 466. The Morgan fingerprint density at radius 2 is 2.11 bits per heavy atom. The molecule has 0 aliphatic rings. The minimum absolute atomic E-state index is 0.0844. The first-order chi connectivity index (χ1) is 8.34. The van der Waals surface area contributed by atoms with Crippen molar-refractivity contribution in [2.75, 3.05) is 6.54 Å². The van der Waals surface area contributed by atoms with Crippen molar-refractivity contribution in [3.63, 3.8) is 0 Å². The molecule has 1 rings (SSSR count). The summed E-state index contributed by atoms with van der Waals surface area (Å²) in [6.45, 7) is 6.43. The van der Waals surface area contributed by atoms with Crippen LogP contribution in [0.5, 0.6) is 0 Å². The van der Waals surface area contributed by atoms with E-state index in [0.717, 1.165) is 11.4 Å². The molecule has 6 heteroatoms. The van der Waals surface area contributed by atoms with E-state index in [4.69, 9.17) is 17.3 Å². The highest BCUT2D eigenvalue weighted by Crippen LogP contribution is 2.18. The van der Waals surface area contributed by atoms with Gasteiger partial charge in [0, 0.05) is 30.0 Å². The fourth-order valence-corrected chi connectivity index (χ4v) is 2.02. The first kappa shape index (κ1) is 14.6. The molecule has 0 saturated heterocycles. The van der Waals surface area contributed by atoms with Gasteiger partial charge in [-0.05, 0) is 26.8 Å². The van der Waals surface area contributed by atoms with Crippen molar-refractivity contribution in [2.24, 2.45) is 5.73 Å². The van der Waals surface area contributed by atoms with Gasteiger partial charge >= 0.3 is 6.03 Å². The fraction of sp³-hybridized carbons (Fsp3) is 0.500. The van der Waals surface area contributed by atoms with Crippen LogP contribution in [0, 0.1) is 13.8 Å². The number of amides is 2. The average molecular weight is 272 g/mol. The van der Waals surface area contributed by atoms with E-state index in [0.29, 0.717) is 18.7 Å². The van der Waals surface area contributed by atoms with Crippen LogP contribution in [-0.2, 0) is 6.54 Å². The van der Waals surface area contributed by atoms with E-state index in [-0.39, 0.29) is 5.78 Å². The Hall–Kier alpha value is -1.49. The monoisotopic (exact) mass is 271 g/mol. The molecule has 0 spiro atoms. The molecular weight excluding hydrogens is 254 g/mol. The number of urea groups is 1. The molecule has 2 amide bonds. The quantitative estimate of drug-likeness (QED) is 0.630. The van der Waals surface area contributed by atoms with Crippen LogP contribution in [0.15, 0.2) is 6.07 Å². The molecule has 1 unspecified atom stereocenters. The van der Waals surface area contributed by atoms with Crippen LogP contribution >= 0.6 is 11.6 Å². The lowest BCUT2D eigenvalue weighted by Crippen LogP contribution is -2.32. The van der Waals surface area contributed by atoms with Gasteiger partial charge in [0.05, 0.1) is 5.38 Å². The Kier molecular flexibility index (Phi) is 4.78. The van der Waals surface area contributed by atoms with Gasteiger partial charge in [0.25, 0.3) is 0 Å². The van der Waals surface area contributed by atoms with Crippen molar-refractivity contribution in [3.05, 3.63) is 23.0 Å². The predicted molar refractivity (Wildman–Crippen MR) is 71.1 cm³/mol. The van der Waals surface area contributed by atoms with Crippen molar-refractivity contribution in [1.82, 2.24) is 9.88 Å². The average Bonchev–Trinajstić information content (AvgIpc) is 2.55. The molecule has 0 fully saturated rings. The maximum absolute atomic E-state index is 11.9. The fourth-order valence-electron chi connectivity index (χ4n) is 1.90. The second-order valence-electron chi connectivity index (χ2n) is 4.21. The number of hydrogen-bond acceptors (Lipinski definition) is 2. The van der Waals surface area contributed by atoms with E-state index in [1.165, 1.54) is 0 Å². The topological polar surface area (TPSA) is 77.1 Å². The van der Waals surface area contributed by atoms with E-state index >= 15 is 0 Å². The molecule has 1 heterocycles. The van der Waals surface area contributed by atoms with Gasteiger partial charge in [-0.1, -0.05) is 0 Å². The van der Waals surface area contributed by atoms with Crippen LogP contribution in [0.4, 0.5) is 4.79 Å². The lowest BCUT2D eigenvalue weighted by atomic mass is 10.1. The molecule has 0 aliphatic carbocycles. The van der Waals surface area contributed by atoms with Crippen molar-refractivity contribution < 1.29 is 9.59 Å². The number of alkyl halides is 1. The third-order valence-electron chi connectivity index (χ3n) is 2.84. The lowest BCUT2D eigenvalue weighted by Gasteiger charge is -2.10. The molecule has 18 heavy (non-hydrogen) atoms. The number of aryl methyl sites for hydroxylation is 1. The van der Waals surface area contributed by atoms with Gasteiger partial charge in [-0.2, -0.15) is 0 Å². The highest BCUT2D eigenvalue weighted by molar-refractivity contribution is 6.33. The maximum Gasteiger partial charge on any atom is 0.312 e. The smallest absolute Gasteiger partial charge is 0.312 e. The number of carbonyl (C=O) groups is 2. The summed E-state index contributed by atoms with van der Waals surface area (Å²) < 4.78 is 1.96. The largest absolute Gasteiger partial charge is 0.352 e. The van der Waals surface area contributed by atoms with E-state index in [1.807, 2.05) is 24.5 Å². The summed E-state index contributed by atoms with van der Waals surface area (Å²) in [6, 6.07) is 1.27. The minimum Gasteiger partial charge on any atom is -0.352 e. The number of nitrogens with zero attached hydrogens (tertiary/aromatic N) is 1. The number of aromatic nitrogens is 1. The van der Waals surface area contributed by atoms with Crippen LogP contribution in [0.25, 0.3) is 0 Å². The number of rotatable bonds is 5. The van der Waals surface area contributed by atoms with Crippen molar-refractivity contribution in [2.45, 2.75) is 32.7 Å². The zero-order valence-corrected chi connectivity index (χ0v) is 11.5. The molecule has 1 atom stereocenters. The third kappa shape index (κ3) is 3.26. The Morgan fingerprint density at radius 1 is 1.50 bits per heavy atom. The summed E-state index contributed by atoms with van der Waals surface area (Å²) in [5.74, 6) is -0.0844. The lowest BCUT2D eigenvalue weighted by molar-refractivity contribution is 0.0991. The van der Waals surface area contributed by atoms with E-state index in [9.17, 15) is 9.59 Å². The zero-order valence-electron chi connectivity index (χ0n) is 10.8. The number of nitrogens with one attached hydrogen (secondary N) is 1. The molecule has 1 aromatic heterocycles. The number of carbonyl (C=O) groups excluding carboxylic acids is 2. The Balaban J connectivity index is 2.87. The third-order valence-corrected chi connectivity index (χ3v) is 3.03. The van der Waals surface area contributed by atoms with Gasteiger partial charge in [0.2, 0.25) is 0 Å². The number of nitrogens with two attached hydrogens (primary N) is 1. The van der Waals surface area contributed by atoms with Crippen LogP contribution < -0.4 is 11.1 Å². The number of primary amides is 1. The zero-order chi connectivity index (χ0) is 13.9. The summed E-state index contributed by atoms with van der Waals surface area (Å²) in [5.41, 5.74) is 7.44. The summed E-state index contributed by atoms with van der Waals surface area (Å²) in [7, 11) is 0. The summed E-state index contributed by atoms with van der Waals surface area (Å²) in [5, 5.41) is 1.98. The van der Waals surface area contributed by atoms with Gasteiger partial charge in [0.15, 0.2) is 5.78 Å². The molecular formula is C12H18ClN3O2. The normalized spacial score (nSPS) is 12.2. The number of ketones is 1. The van der Waals surface area contributed by atoms with E-state index in [2.05, 4.69) is 5.32 Å². The highest BCUT2D eigenvalue weighted by atomic mass is 35.5. The van der Waals surface area contributed by atoms with Crippen molar-refractivity contribution in [3.8, 4) is 0 Å². The van der Waals surface area contributed by atoms with Crippen LogP contribution in [0.2, 0.25) is 0 Å². The second-order valence-corrected chi connectivity index (χ2v) is 4.86. The Morgan fingerprint density at radius 3 is 2.61 bits per heavy atom. The molecule has 0 radical (unpaired) electrons. The molecule has 0 aliphatic heterocycles. The maximum atomic E-state index is 11.9. The van der Waals surface area contributed by atoms with Crippen LogP contribution in [0.1, 0.15) is 28.7 Å². The molecule has 5 nitrogen and oxygen atoms in total. The van der Waals surface area contributed by atoms with Crippen LogP contribution in [-0.4, -0.2) is 28.3 Å². The first-order valence-corrected chi connectivity index (χ1v) is 6.16. The molecule has 0 saturated carbocycles. The Labute approximate surface area is 111 Å². The van der Waals surface area contributed by atoms with E-state index in [1.54, 1.807) is 6.92 Å². The SMILES string of the molecule is Cc1cc(C(=O)C(C)Cl)c(C)n1CCNC(N)=O. The van der Waals surface area contributed by atoms with Crippen LogP contribution in [0.3, 0.4) is 0 Å². The summed E-state index contributed by atoms with van der Waals surface area (Å²) >= 11 is 5.81. The second kappa shape index (κ2) is 5.91. The first-order valence-electron chi connectivity index (χ1n) is 5.73. The minimum atomic E-state index is -0.553. The van der Waals surface area contributed by atoms with Crippen molar-refractivity contribution >= 4 is 23.4 Å². The van der Waals surface area contributed by atoms with Gasteiger partial charge in [-0.25, -0.2) is 4.79 Å². The molecule has 3 N–H and O–H groups in total. The molecule has 100 valence electrons. The van der Waals surface area contributed by atoms with Gasteiger partial charge < -0.3 is 15.6 Å². The number of halogens is 1. The van der Waals surface area contributed by atoms with Gasteiger partial charge in [-0.15, -0.1) is 11.6 Å². The molecule has 0 aromatic carbocycles. The number of Topliss-reactive ketones (excluding diaryl/α,β-unsaturated/α-hetero) is 1. The summed E-state index contributed by atoms with van der Waals surface area (Å²) in [6.07, 6.45) is 0. The predicted octanol–water partition coefficient (Wildman–Crippen LogP) is 1.58. The van der Waals surface area contributed by atoms with Gasteiger partial charge in [0.1, 0.15) is 0 Å². The summed E-state index contributed by atoms with van der Waals surface area (Å²) in [4.78, 5) is 22.5. The standard InChI is InChI=1S/C12H18ClN3O2/c1-7-6-10(11(17)8(2)13)9(3)16(7)5-4-15-12(14)18/h6,8H,4-5H2,1-3H3,(H3,14,15,18). The van der Waals surface area contributed by atoms with Gasteiger partial charge in [-0.3, -0.25) is 4.79 Å². The highest BCUT2D eigenvalue weighted by Gasteiger charge is 2.19. The van der Waals surface area contributed by atoms with Crippen molar-refractivity contribution in [1.29, 1.82) is 0 Å².